The van der Waals surface area contributed by atoms with Gasteiger partial charge in [0, 0.05) is 7.43 Å². The number of carboxylic acids is 5. The van der Waals surface area contributed by atoms with Gasteiger partial charge in [0.25, 0.3) is 5.08 Å². The van der Waals surface area contributed by atoms with Gasteiger partial charge in [-0.05, 0) is 15.2 Å². The van der Waals surface area contributed by atoms with Gasteiger partial charge in [0.1, 0.15) is 94.7 Å². The quantitative estimate of drug-likeness (QED) is 0.0115. The summed E-state index contributed by atoms with van der Waals surface area (Å²) in [6.07, 6.45) is 16.0. The van der Waals surface area contributed by atoms with Crippen LogP contribution in [0.3, 0.4) is 0 Å². The topological polar surface area (TPSA) is 932 Å². The van der Waals surface area contributed by atoms with Crippen LogP contribution in [0.2, 0.25) is 0 Å². The predicted octanol–water partition coefficient (Wildman–Crippen LogP) is -14.2. The summed E-state index contributed by atoms with van der Waals surface area (Å²) in [5.41, 5.74) is 0. The molecule has 5 heterocycles. The van der Waals surface area contributed by atoms with Gasteiger partial charge in [-0.25, -0.2) is 69.6 Å². The van der Waals surface area contributed by atoms with Crippen molar-refractivity contribution < 1.29 is 241 Å². The van der Waals surface area contributed by atoms with E-state index in [2.05, 4.69) is 0 Å². The summed E-state index contributed by atoms with van der Waals surface area (Å²) in [6.45, 7) is -8.52. The molecule has 5 aromatic heterocycles. The monoisotopic (exact) mass is 1710 g/mol. The molecule has 0 aliphatic heterocycles. The number of imidazole rings is 5. The minimum absolute atomic E-state index is 0. The van der Waals surface area contributed by atoms with E-state index in [4.69, 9.17) is 79.4 Å². The number of aromatic nitrogens is 10. The molecule has 6 atom stereocenters. The van der Waals surface area contributed by atoms with Crippen molar-refractivity contribution in [1.29, 1.82) is 0 Å². The Balaban J connectivity index is -0.000000595. The van der Waals surface area contributed by atoms with E-state index >= 15 is 0 Å². The summed E-state index contributed by atoms with van der Waals surface area (Å²) in [7, 11) is -58.3. The lowest BCUT2D eigenvalue weighted by Crippen LogP contribution is -2.48. The van der Waals surface area contributed by atoms with Gasteiger partial charge in [-0.1, -0.05) is 14.9 Å². The molecule has 0 aromatic carbocycles. The Morgan fingerprint density at radius 2 is 0.442 bits per heavy atom. The smallest absolute Gasteiger partial charge is 0.373 e. The van der Waals surface area contributed by atoms with Crippen molar-refractivity contribution in [2.75, 3.05) is 0 Å². The fourth-order valence-corrected chi connectivity index (χ4v) is 16.7. The van der Waals surface area contributed by atoms with Gasteiger partial charge in [0.2, 0.25) is 41.8 Å². The van der Waals surface area contributed by atoms with Crippen LogP contribution in [0, 0.1) is 14.9 Å². The lowest BCUT2D eigenvalue weighted by Gasteiger charge is -2.54. The summed E-state index contributed by atoms with van der Waals surface area (Å²) >= 11 is 0. The van der Waals surface area contributed by atoms with E-state index in [1.54, 1.807) is 0 Å². The summed E-state index contributed by atoms with van der Waals surface area (Å²) < 4.78 is 119. The molecule has 0 aliphatic rings. The van der Waals surface area contributed by atoms with Crippen molar-refractivity contribution in [3.8, 4) is 0 Å². The maximum absolute atomic E-state index is 11.1. The Kier molecular flexibility index (Phi) is 38.4. The van der Waals surface area contributed by atoms with E-state index in [0.717, 1.165) is 122 Å². The summed E-state index contributed by atoms with van der Waals surface area (Å²) in [4.78, 5) is 248. The Bertz CT molecular complexity index is 3510. The number of aliphatic hydroxyl groups is 5. The third-order valence-electron chi connectivity index (χ3n) is 11.8. The predicted molar refractivity (Wildman–Crippen MR) is 313 cm³/mol. The van der Waals surface area contributed by atoms with E-state index in [1.165, 1.54) is 12.4 Å². The average molecular weight is 1710 g/mol. The number of carbonyl (C=O) groups is 5. The van der Waals surface area contributed by atoms with E-state index in [-0.39, 0.29) is 29.7 Å². The SMILES string of the molecule is C.C.O=C(O)C[n+]1ccn(CC(O)(P(=O)(O)O)P(=O)(O)O)c1.O=C(O)C[n+]1ccn(CC(O)(P(=O)([O-])O)P(=O)(O)O)c1.O=C(O)C[n+]1ccn(CC(O)(P(=O)([O-])O)P(=O)([O-])O)c1.O=C(O)C[n+]1ccn(CC(O)(P(=O)([O-])O)P(=O)([O-])O)c1.O=C(O)C[n+]1ccn(CC(O)(P(=O)([O-])[O-])P(=O)([O-])[O-])c1.[CH3+].[CH3-]. The van der Waals surface area contributed by atoms with Gasteiger partial charge < -0.3 is 188 Å². The van der Waals surface area contributed by atoms with Crippen molar-refractivity contribution >= 4 is 106 Å². The Morgan fingerprint density at radius 3 is 0.577 bits per heavy atom. The number of aliphatic carboxylic acids is 5. The maximum Gasteiger partial charge on any atom is 0.373 e. The molecule has 104 heavy (non-hydrogen) atoms. The normalized spacial score (nSPS) is 16.6. The lowest BCUT2D eigenvalue weighted by molar-refractivity contribution is -0.685. The zero-order chi connectivity index (χ0) is 78.8. The molecule has 0 saturated carbocycles. The second-order valence-electron chi connectivity index (χ2n) is 19.9. The van der Waals surface area contributed by atoms with Crippen molar-refractivity contribution in [3.05, 3.63) is 108 Å². The van der Waals surface area contributed by atoms with Crippen molar-refractivity contribution in [3.63, 3.8) is 0 Å². The molecule has 0 amide bonds. The summed E-state index contributed by atoms with van der Waals surface area (Å²) in [5.74, 6) is -6.05. The molecule has 21 N–H and O–H groups in total. The third kappa shape index (κ3) is 28.9. The number of hydrogen-bond donors (Lipinski definition) is 21. The fraction of sp³-hybridized carbons (Fsp3) is 0.436. The zero-order valence-corrected chi connectivity index (χ0v) is 59.8. The van der Waals surface area contributed by atoms with Crippen molar-refractivity contribution in [2.45, 2.75) is 106 Å². The van der Waals surface area contributed by atoms with Crippen LogP contribution in [-0.2, 0) is 135 Å². The van der Waals surface area contributed by atoms with Crippen molar-refractivity contribution in [1.82, 2.24) is 22.8 Å². The number of hydrogen-bond acceptors (Lipinski definition) is 29. The van der Waals surface area contributed by atoms with E-state index in [9.17, 15) is 139 Å². The highest BCUT2D eigenvalue weighted by molar-refractivity contribution is 7.73. The van der Waals surface area contributed by atoms with Crippen LogP contribution in [0.4, 0.5) is 0 Å². The standard InChI is InChI=1S/5C7H12N2O9P2.2CH4.2CH3/c5*10-6(11)3-8-1-2-9(5-8)4-7(12,19(13,14)15)20(16,17)18;;;;/h5*1-2,5,12H,3-4H2,(H4-,10,11,13,14,15,16,17,18);2*1H4;2*1H3/q;;;;;;;-1;+1/p-4. The average Bonchev–Trinajstić information content (AvgIpc) is 1.04. The molecule has 55 nitrogen and oxygen atoms in total. The second-order valence-corrected chi connectivity index (χ2v) is 39.5. The molecular formula is C39H70N10O45P10-4. The van der Waals surface area contributed by atoms with E-state index in [1.807, 2.05) is 0 Å². The minimum atomic E-state index is -6.17. The fourth-order valence-electron chi connectivity index (χ4n) is 6.83. The van der Waals surface area contributed by atoms with E-state index in [0.29, 0.717) is 4.57 Å². The minimum Gasteiger partial charge on any atom is -0.808 e. The highest BCUT2D eigenvalue weighted by Gasteiger charge is 2.61. The lowest BCUT2D eigenvalue weighted by atomic mass is 10.6. The molecule has 5 aromatic rings. The third-order valence-corrected chi connectivity index (χ3v) is 29.9. The molecule has 0 bridgehead atoms. The van der Waals surface area contributed by atoms with Crippen LogP contribution >= 0.6 is 76.0 Å². The van der Waals surface area contributed by atoms with Crippen LogP contribution in [0.1, 0.15) is 14.9 Å². The summed E-state index contributed by atoms with van der Waals surface area (Å²) in [6, 6.07) is 0. The molecule has 0 fully saturated rings. The van der Waals surface area contributed by atoms with Gasteiger partial charge in [-0.2, -0.15) is 0 Å². The van der Waals surface area contributed by atoms with Gasteiger partial charge in [0.05, 0.1) is 0 Å². The van der Waals surface area contributed by atoms with Crippen LogP contribution in [0.25, 0.3) is 0 Å². The molecule has 0 radical (unpaired) electrons. The maximum atomic E-state index is 11.1. The molecule has 600 valence electrons. The highest BCUT2D eigenvalue weighted by atomic mass is 31.3. The van der Waals surface area contributed by atoms with Crippen LogP contribution < -0.4 is 66.9 Å². The first kappa shape index (κ1) is 105. The first-order chi connectivity index (χ1) is 44.3. The number of nitrogens with zero attached hydrogens (tertiary/aromatic N) is 10. The number of rotatable bonds is 30. The van der Waals surface area contributed by atoms with Gasteiger partial charge in [0.15, 0.2) is 75.8 Å². The van der Waals surface area contributed by atoms with Gasteiger partial charge in [-0.3, -0.25) is 13.7 Å². The molecule has 0 saturated heterocycles. The Hall–Kier alpha value is -5.43. The molecular weight excluding hydrogens is 1640 g/mol. The first-order valence-corrected chi connectivity index (χ1v) is 40.5. The summed E-state index contributed by atoms with van der Waals surface area (Å²) in [5, 5.41) is 71.4. The molecule has 0 aliphatic carbocycles. The zero-order valence-electron chi connectivity index (χ0n) is 50.9. The highest BCUT2D eigenvalue weighted by Crippen LogP contribution is 2.69. The van der Waals surface area contributed by atoms with Gasteiger partial charge >= 0.3 is 57.7 Å². The molecule has 65 heteroatoms. The van der Waals surface area contributed by atoms with Crippen molar-refractivity contribution in [2.24, 2.45) is 0 Å². The second kappa shape index (κ2) is 38.1. The molecule has 6 unspecified atom stereocenters. The largest absolute Gasteiger partial charge is 0.808 e. The first-order valence-electron chi connectivity index (χ1n) is 24.7. The van der Waals surface area contributed by atoms with Crippen LogP contribution in [0.5, 0.6) is 0 Å². The van der Waals surface area contributed by atoms with Gasteiger partial charge in [-0.15, -0.1) is 0 Å². The number of carboxylic acid groups (broad SMARTS) is 5. The Labute approximate surface area is 582 Å². The Morgan fingerprint density at radius 1 is 0.298 bits per heavy atom. The van der Waals surface area contributed by atoms with Crippen LogP contribution in [0.15, 0.2) is 93.6 Å². The molecule has 5 rings (SSSR count). The van der Waals surface area contributed by atoms with Crippen LogP contribution in [-0.4, -0.2) is 183 Å². The molecule has 0 spiro atoms. The van der Waals surface area contributed by atoms with E-state index < -0.39 is 197 Å².